The fourth-order valence-electron chi connectivity index (χ4n) is 5.54. The first-order valence-corrected chi connectivity index (χ1v) is 7.13. The van der Waals surface area contributed by atoms with Crippen LogP contribution in [0.1, 0.15) is 44.1 Å². The molecule has 0 aromatic heterocycles. The van der Waals surface area contributed by atoms with Crippen molar-refractivity contribution in [2.45, 2.75) is 49.5 Å². The molecule has 1 nitrogen and oxygen atoms in total. The van der Waals surface area contributed by atoms with Crippen LogP contribution in [0.25, 0.3) is 0 Å². The number of rotatable bonds is 1. The highest BCUT2D eigenvalue weighted by molar-refractivity contribution is 5.32. The highest BCUT2D eigenvalue weighted by Crippen LogP contribution is 2.61. The molecule has 0 radical (unpaired) electrons. The summed E-state index contributed by atoms with van der Waals surface area (Å²) in [6, 6.07) is 7.36. The summed E-state index contributed by atoms with van der Waals surface area (Å²) in [6.45, 7) is 0. The first kappa shape index (κ1) is 11.0. The van der Waals surface area contributed by atoms with Crippen molar-refractivity contribution >= 4 is 0 Å². The van der Waals surface area contributed by atoms with Crippen LogP contribution in [0.4, 0.5) is 4.39 Å². The lowest BCUT2D eigenvalue weighted by Gasteiger charge is -2.61. The third kappa shape index (κ3) is 1.41. The number of nitrogens with two attached hydrogens (primary N) is 1. The monoisotopic (exact) mass is 245 g/mol. The van der Waals surface area contributed by atoms with Crippen LogP contribution in [-0.4, -0.2) is 5.54 Å². The Labute approximate surface area is 108 Å². The Morgan fingerprint density at radius 2 is 1.72 bits per heavy atom. The van der Waals surface area contributed by atoms with Crippen LogP contribution in [0.5, 0.6) is 0 Å². The topological polar surface area (TPSA) is 26.0 Å². The van der Waals surface area contributed by atoms with E-state index < -0.39 is 0 Å². The van der Waals surface area contributed by atoms with E-state index in [-0.39, 0.29) is 16.8 Å². The van der Waals surface area contributed by atoms with Crippen molar-refractivity contribution in [2.75, 3.05) is 0 Å². The van der Waals surface area contributed by atoms with Crippen LogP contribution in [0.2, 0.25) is 0 Å². The second-order valence-electron chi connectivity index (χ2n) is 7.08. The van der Waals surface area contributed by atoms with E-state index in [2.05, 4.69) is 0 Å². The fourth-order valence-corrected chi connectivity index (χ4v) is 5.54. The van der Waals surface area contributed by atoms with E-state index in [4.69, 9.17) is 5.73 Å². The average molecular weight is 245 g/mol. The van der Waals surface area contributed by atoms with Gasteiger partial charge in [-0.3, -0.25) is 0 Å². The summed E-state index contributed by atoms with van der Waals surface area (Å²) in [5.41, 5.74) is 7.55. The van der Waals surface area contributed by atoms with Gasteiger partial charge in [-0.15, -0.1) is 0 Å². The van der Waals surface area contributed by atoms with E-state index in [0.29, 0.717) is 0 Å². The second-order valence-corrected chi connectivity index (χ2v) is 7.08. The molecule has 2 N–H and O–H groups in total. The lowest BCUT2D eigenvalue weighted by atomic mass is 9.45. The highest BCUT2D eigenvalue weighted by Gasteiger charge is 2.57. The molecule has 18 heavy (non-hydrogen) atoms. The molecule has 4 bridgehead atoms. The molecule has 1 aromatic carbocycles. The number of hydrogen-bond donors (Lipinski definition) is 1. The van der Waals surface area contributed by atoms with Gasteiger partial charge in [-0.25, -0.2) is 4.39 Å². The van der Waals surface area contributed by atoms with Crippen molar-refractivity contribution in [3.05, 3.63) is 35.6 Å². The van der Waals surface area contributed by atoms with E-state index in [0.717, 1.165) is 36.7 Å². The Hall–Kier alpha value is -0.890. The average Bonchev–Trinajstić information content (AvgIpc) is 2.25. The van der Waals surface area contributed by atoms with Gasteiger partial charge >= 0.3 is 0 Å². The van der Waals surface area contributed by atoms with Crippen molar-refractivity contribution in [3.8, 4) is 0 Å². The van der Waals surface area contributed by atoms with E-state index in [1.54, 1.807) is 12.1 Å². The Kier molecular flexibility index (Phi) is 2.05. The van der Waals surface area contributed by atoms with Gasteiger partial charge in [0.2, 0.25) is 0 Å². The Morgan fingerprint density at radius 1 is 1.06 bits per heavy atom. The van der Waals surface area contributed by atoms with Crippen LogP contribution in [-0.2, 0) is 5.41 Å². The molecule has 0 saturated heterocycles. The van der Waals surface area contributed by atoms with Gasteiger partial charge in [0, 0.05) is 11.0 Å². The normalized spacial score (nSPS) is 45.4. The predicted molar refractivity (Wildman–Crippen MR) is 69.7 cm³/mol. The molecule has 0 aliphatic heterocycles. The van der Waals surface area contributed by atoms with E-state index >= 15 is 0 Å². The lowest BCUT2D eigenvalue weighted by molar-refractivity contribution is -0.0241. The maximum absolute atomic E-state index is 14.2. The van der Waals surface area contributed by atoms with Crippen molar-refractivity contribution in [1.29, 1.82) is 0 Å². The standard InChI is InChI=1S/C16H20FN/c17-14-4-2-1-3-13(14)15-6-11-5-12(7-15)9-16(18,8-11)10-15/h1-4,11-12H,5-10,18H2. The zero-order valence-electron chi connectivity index (χ0n) is 10.7. The first-order valence-electron chi connectivity index (χ1n) is 7.13. The summed E-state index contributed by atoms with van der Waals surface area (Å²) in [5, 5.41) is 0. The molecule has 2 unspecified atom stereocenters. The lowest BCUT2D eigenvalue weighted by Crippen LogP contribution is -2.61. The third-order valence-electron chi connectivity index (χ3n) is 5.55. The number of benzene rings is 1. The van der Waals surface area contributed by atoms with E-state index in [9.17, 15) is 4.39 Å². The van der Waals surface area contributed by atoms with E-state index in [1.165, 1.54) is 19.3 Å². The molecule has 2 atom stereocenters. The van der Waals surface area contributed by atoms with Gasteiger partial charge in [-0.2, -0.15) is 0 Å². The zero-order valence-corrected chi connectivity index (χ0v) is 10.7. The molecule has 4 aliphatic rings. The van der Waals surface area contributed by atoms with Crippen LogP contribution in [0, 0.1) is 17.7 Å². The van der Waals surface area contributed by atoms with Gasteiger partial charge in [0.25, 0.3) is 0 Å². The minimum Gasteiger partial charge on any atom is -0.325 e. The largest absolute Gasteiger partial charge is 0.325 e. The summed E-state index contributed by atoms with van der Waals surface area (Å²) in [6.07, 6.45) is 6.97. The van der Waals surface area contributed by atoms with Gasteiger partial charge in [0.15, 0.2) is 0 Å². The molecule has 4 saturated carbocycles. The quantitative estimate of drug-likeness (QED) is 0.806. The number of hydrogen-bond acceptors (Lipinski definition) is 1. The van der Waals surface area contributed by atoms with Gasteiger partial charge in [0.1, 0.15) is 5.82 Å². The van der Waals surface area contributed by atoms with E-state index in [1.807, 2.05) is 12.1 Å². The van der Waals surface area contributed by atoms with Crippen molar-refractivity contribution < 1.29 is 4.39 Å². The molecular weight excluding hydrogens is 225 g/mol. The molecule has 96 valence electrons. The minimum atomic E-state index is -0.0250. The van der Waals surface area contributed by atoms with Crippen LogP contribution in [0.15, 0.2) is 24.3 Å². The highest BCUT2D eigenvalue weighted by atomic mass is 19.1. The smallest absolute Gasteiger partial charge is 0.126 e. The summed E-state index contributed by atoms with van der Waals surface area (Å²) in [5.74, 6) is 1.44. The molecule has 1 aromatic rings. The van der Waals surface area contributed by atoms with Gasteiger partial charge in [0.05, 0.1) is 0 Å². The summed E-state index contributed by atoms with van der Waals surface area (Å²) in [7, 11) is 0. The fraction of sp³-hybridized carbons (Fsp3) is 0.625. The molecule has 0 spiro atoms. The molecule has 0 amide bonds. The predicted octanol–water partition coefficient (Wildman–Crippen LogP) is 3.37. The molecule has 4 fully saturated rings. The van der Waals surface area contributed by atoms with Crippen LogP contribution >= 0.6 is 0 Å². The van der Waals surface area contributed by atoms with Gasteiger partial charge in [-0.05, 0) is 62.0 Å². The maximum atomic E-state index is 14.2. The van der Waals surface area contributed by atoms with Crippen LogP contribution < -0.4 is 5.73 Å². The first-order chi connectivity index (χ1) is 8.59. The Morgan fingerprint density at radius 3 is 2.33 bits per heavy atom. The van der Waals surface area contributed by atoms with Crippen LogP contribution in [0.3, 0.4) is 0 Å². The van der Waals surface area contributed by atoms with Gasteiger partial charge < -0.3 is 5.73 Å². The Balaban J connectivity index is 1.82. The third-order valence-corrected chi connectivity index (χ3v) is 5.55. The summed E-state index contributed by atoms with van der Waals surface area (Å²) < 4.78 is 14.2. The second kappa shape index (κ2) is 3.36. The Bertz CT molecular complexity index is 482. The molecule has 4 aliphatic carbocycles. The van der Waals surface area contributed by atoms with Crippen molar-refractivity contribution in [1.82, 2.24) is 0 Å². The summed E-state index contributed by atoms with van der Waals surface area (Å²) >= 11 is 0. The molecule has 2 heteroatoms. The molecule has 5 rings (SSSR count). The zero-order chi connectivity index (χ0) is 12.4. The molecule has 0 heterocycles. The number of halogens is 1. The van der Waals surface area contributed by atoms with Crippen molar-refractivity contribution in [3.63, 3.8) is 0 Å². The van der Waals surface area contributed by atoms with Gasteiger partial charge in [-0.1, -0.05) is 18.2 Å². The van der Waals surface area contributed by atoms with Crippen molar-refractivity contribution in [2.24, 2.45) is 17.6 Å². The minimum absolute atomic E-state index is 0.00757. The SMILES string of the molecule is NC12CC3CC(C1)CC(c1ccccc1F)(C3)C2. The maximum Gasteiger partial charge on any atom is 0.126 e. The molecular formula is C16H20FN. The summed E-state index contributed by atoms with van der Waals surface area (Å²) in [4.78, 5) is 0.